The van der Waals surface area contributed by atoms with E-state index in [1.165, 1.54) is 0 Å². The first-order valence-corrected chi connectivity index (χ1v) is 7.83. The van der Waals surface area contributed by atoms with E-state index in [9.17, 15) is 4.79 Å². The Labute approximate surface area is 136 Å². The highest BCUT2D eigenvalue weighted by atomic mass is 16.2. The molecular formula is C18H20N4O. The molecule has 5 nitrogen and oxygen atoms in total. The van der Waals surface area contributed by atoms with Gasteiger partial charge in [0.2, 0.25) is 5.91 Å². The van der Waals surface area contributed by atoms with Gasteiger partial charge in [-0.15, -0.1) is 0 Å². The predicted molar refractivity (Wildman–Crippen MR) is 87.8 cm³/mol. The number of carbonyl (C=O) groups excluding carboxylic acids is 1. The average molecular weight is 308 g/mol. The molecule has 1 aromatic carbocycles. The highest BCUT2D eigenvalue weighted by Crippen LogP contribution is 2.48. The summed E-state index contributed by atoms with van der Waals surface area (Å²) in [7, 11) is 1.88. The third-order valence-corrected chi connectivity index (χ3v) is 4.32. The number of carbonyl (C=O) groups is 1. The Morgan fingerprint density at radius 2 is 2.17 bits per heavy atom. The molecule has 1 aliphatic carbocycles. The van der Waals surface area contributed by atoms with Crippen molar-refractivity contribution in [2.45, 2.75) is 25.7 Å². The molecule has 0 saturated heterocycles. The fraction of sp³-hybridized carbons (Fsp3) is 0.389. The quantitative estimate of drug-likeness (QED) is 0.853. The Kier molecular flexibility index (Phi) is 4.16. The number of anilines is 1. The van der Waals surface area contributed by atoms with Gasteiger partial charge in [0.15, 0.2) is 0 Å². The summed E-state index contributed by atoms with van der Waals surface area (Å²) in [5.41, 5.74) is 3.14. The number of benzene rings is 1. The van der Waals surface area contributed by atoms with E-state index >= 15 is 0 Å². The van der Waals surface area contributed by atoms with Crippen LogP contribution >= 0.6 is 0 Å². The molecule has 1 amide bonds. The SMILES string of the molecule is Cc1ccc(N(CCC#N)C(=O)[C@H]2C[C@@H]2c2cnn(C)c2)cc1. The van der Waals surface area contributed by atoms with E-state index in [-0.39, 0.29) is 17.7 Å². The third-order valence-electron chi connectivity index (χ3n) is 4.32. The van der Waals surface area contributed by atoms with Crippen molar-refractivity contribution in [3.63, 3.8) is 0 Å². The lowest BCUT2D eigenvalue weighted by atomic mass is 10.1. The normalized spacial score (nSPS) is 19.2. The van der Waals surface area contributed by atoms with Gasteiger partial charge in [-0.2, -0.15) is 10.4 Å². The van der Waals surface area contributed by atoms with Crippen molar-refractivity contribution in [1.82, 2.24) is 9.78 Å². The summed E-state index contributed by atoms with van der Waals surface area (Å²) in [6.45, 7) is 2.46. The molecule has 0 radical (unpaired) electrons. The molecule has 23 heavy (non-hydrogen) atoms. The molecule has 5 heteroatoms. The largest absolute Gasteiger partial charge is 0.311 e. The Hall–Kier alpha value is -2.61. The smallest absolute Gasteiger partial charge is 0.230 e. The minimum atomic E-state index is -0.000745. The first-order valence-electron chi connectivity index (χ1n) is 7.83. The molecule has 0 spiro atoms. The number of rotatable bonds is 5. The van der Waals surface area contributed by atoms with Crippen LogP contribution in [0.4, 0.5) is 5.69 Å². The number of nitriles is 1. The number of amides is 1. The maximum absolute atomic E-state index is 12.9. The summed E-state index contributed by atoms with van der Waals surface area (Å²) < 4.78 is 1.77. The first-order chi connectivity index (χ1) is 11.1. The van der Waals surface area contributed by atoms with Crippen molar-refractivity contribution < 1.29 is 4.79 Å². The molecule has 1 fully saturated rings. The van der Waals surface area contributed by atoms with Gasteiger partial charge >= 0.3 is 0 Å². The molecule has 2 atom stereocenters. The second-order valence-electron chi connectivity index (χ2n) is 6.13. The molecular weight excluding hydrogens is 288 g/mol. The van der Waals surface area contributed by atoms with Gasteiger partial charge < -0.3 is 4.90 Å². The lowest BCUT2D eigenvalue weighted by Crippen LogP contribution is -2.33. The monoisotopic (exact) mass is 308 g/mol. The maximum atomic E-state index is 12.9. The summed E-state index contributed by atoms with van der Waals surface area (Å²) in [4.78, 5) is 14.6. The fourth-order valence-electron chi connectivity index (χ4n) is 2.92. The van der Waals surface area contributed by atoms with E-state index in [0.717, 1.165) is 23.2 Å². The zero-order valence-corrected chi connectivity index (χ0v) is 13.4. The van der Waals surface area contributed by atoms with Gasteiger partial charge in [-0.25, -0.2) is 0 Å². The summed E-state index contributed by atoms with van der Waals surface area (Å²) in [5, 5.41) is 13.1. The fourth-order valence-corrected chi connectivity index (χ4v) is 2.92. The molecule has 0 bridgehead atoms. The van der Waals surface area contributed by atoms with Crippen LogP contribution in [-0.2, 0) is 11.8 Å². The highest BCUT2D eigenvalue weighted by molar-refractivity contribution is 5.97. The predicted octanol–water partition coefficient (Wildman–Crippen LogP) is 2.78. The zero-order chi connectivity index (χ0) is 16.4. The van der Waals surface area contributed by atoms with Crippen molar-refractivity contribution in [3.8, 4) is 6.07 Å². The standard InChI is InChI=1S/C18H20N4O/c1-13-4-6-15(7-5-13)22(9-3-8-19)18(23)17-10-16(17)14-11-20-21(2)12-14/h4-7,11-12,16-17H,3,9-10H2,1-2H3/t16-,17+/m1/s1. The summed E-state index contributed by atoms with van der Waals surface area (Å²) >= 11 is 0. The average Bonchev–Trinajstić information content (AvgIpc) is 3.23. The molecule has 118 valence electrons. The van der Waals surface area contributed by atoms with E-state index in [1.807, 2.05) is 50.6 Å². The van der Waals surface area contributed by atoms with Crippen LogP contribution in [-0.4, -0.2) is 22.2 Å². The third kappa shape index (κ3) is 3.26. The number of hydrogen-bond donors (Lipinski definition) is 0. The first kappa shape index (κ1) is 15.3. The van der Waals surface area contributed by atoms with Crippen LogP contribution in [0.2, 0.25) is 0 Å². The van der Waals surface area contributed by atoms with Gasteiger partial charge in [0.05, 0.1) is 18.7 Å². The van der Waals surface area contributed by atoms with E-state index in [4.69, 9.17) is 5.26 Å². The molecule has 1 saturated carbocycles. The lowest BCUT2D eigenvalue weighted by Gasteiger charge is -2.22. The van der Waals surface area contributed by atoms with Crippen LogP contribution < -0.4 is 4.90 Å². The van der Waals surface area contributed by atoms with Crippen LogP contribution in [0.3, 0.4) is 0 Å². The Morgan fingerprint density at radius 3 is 2.78 bits per heavy atom. The van der Waals surface area contributed by atoms with Gasteiger partial charge in [0, 0.05) is 31.4 Å². The second-order valence-corrected chi connectivity index (χ2v) is 6.13. The van der Waals surface area contributed by atoms with Crippen molar-refractivity contribution >= 4 is 11.6 Å². The van der Waals surface area contributed by atoms with Gasteiger partial charge in [0.25, 0.3) is 0 Å². The van der Waals surface area contributed by atoms with Gasteiger partial charge in [0.1, 0.15) is 0 Å². The zero-order valence-electron chi connectivity index (χ0n) is 13.4. The minimum absolute atomic E-state index is 0.000745. The second kappa shape index (κ2) is 6.25. The number of aromatic nitrogens is 2. The summed E-state index contributed by atoms with van der Waals surface area (Å²) in [6.07, 6.45) is 5.01. The van der Waals surface area contributed by atoms with Crippen LogP contribution in [0.5, 0.6) is 0 Å². The number of aryl methyl sites for hydroxylation is 2. The summed E-state index contributed by atoms with van der Waals surface area (Å²) in [6, 6.07) is 10.0. The Bertz CT molecular complexity index is 741. The Morgan fingerprint density at radius 1 is 1.43 bits per heavy atom. The topological polar surface area (TPSA) is 61.9 Å². The van der Waals surface area contributed by atoms with Crippen LogP contribution in [0.15, 0.2) is 36.7 Å². The molecule has 1 heterocycles. The number of nitrogens with zero attached hydrogens (tertiary/aromatic N) is 4. The molecule has 0 aliphatic heterocycles. The van der Waals surface area contributed by atoms with Crippen molar-refractivity contribution in [2.24, 2.45) is 13.0 Å². The van der Waals surface area contributed by atoms with Crippen molar-refractivity contribution in [3.05, 3.63) is 47.8 Å². The Balaban J connectivity index is 1.76. The highest BCUT2D eigenvalue weighted by Gasteiger charge is 2.46. The lowest BCUT2D eigenvalue weighted by molar-refractivity contribution is -0.119. The minimum Gasteiger partial charge on any atom is -0.311 e. The van der Waals surface area contributed by atoms with E-state index in [0.29, 0.717) is 13.0 Å². The van der Waals surface area contributed by atoms with E-state index in [2.05, 4.69) is 11.2 Å². The molecule has 1 aromatic heterocycles. The molecule has 3 rings (SSSR count). The maximum Gasteiger partial charge on any atom is 0.230 e. The molecule has 0 N–H and O–H groups in total. The molecule has 1 aliphatic rings. The van der Waals surface area contributed by atoms with Crippen molar-refractivity contribution in [1.29, 1.82) is 5.26 Å². The van der Waals surface area contributed by atoms with Crippen LogP contribution in [0.25, 0.3) is 0 Å². The summed E-state index contributed by atoms with van der Waals surface area (Å²) in [5.74, 6) is 0.364. The van der Waals surface area contributed by atoms with Crippen LogP contribution in [0, 0.1) is 24.2 Å². The van der Waals surface area contributed by atoms with Gasteiger partial charge in [-0.1, -0.05) is 17.7 Å². The molecule has 2 aromatic rings. The van der Waals surface area contributed by atoms with Crippen molar-refractivity contribution in [2.75, 3.05) is 11.4 Å². The molecule has 0 unspecified atom stereocenters. The van der Waals surface area contributed by atoms with Crippen LogP contribution in [0.1, 0.15) is 29.9 Å². The van der Waals surface area contributed by atoms with E-state index in [1.54, 1.807) is 9.58 Å². The van der Waals surface area contributed by atoms with E-state index < -0.39 is 0 Å². The van der Waals surface area contributed by atoms with Gasteiger partial charge in [-0.3, -0.25) is 9.48 Å². The van der Waals surface area contributed by atoms with Gasteiger partial charge in [-0.05, 0) is 37.0 Å². The number of hydrogen-bond acceptors (Lipinski definition) is 3.